The topological polar surface area (TPSA) is 76.1 Å². The monoisotopic (exact) mass is 256 g/mol. The maximum absolute atomic E-state index is 11.8. The first-order valence-corrected chi connectivity index (χ1v) is 5.79. The van der Waals surface area contributed by atoms with Crippen LogP contribution in [-0.2, 0) is 11.3 Å². The van der Waals surface area contributed by atoms with Crippen molar-refractivity contribution in [2.45, 2.75) is 6.54 Å². The van der Waals surface area contributed by atoms with E-state index < -0.39 is 5.91 Å². The molecular weight excluding hydrogens is 242 g/mol. The van der Waals surface area contributed by atoms with Crippen molar-refractivity contribution >= 4 is 17.5 Å². The zero-order chi connectivity index (χ0) is 13.7. The van der Waals surface area contributed by atoms with Crippen LogP contribution in [0.3, 0.4) is 0 Å². The third kappa shape index (κ3) is 3.64. The number of carbonyl (C=O) groups excluding carboxylic acids is 2. The largest absolute Gasteiger partial charge is 0.366 e. The van der Waals surface area contributed by atoms with Crippen LogP contribution in [0.1, 0.15) is 10.4 Å². The highest BCUT2D eigenvalue weighted by Crippen LogP contribution is 2.04. The Hall–Kier alpha value is -2.69. The van der Waals surface area contributed by atoms with Gasteiger partial charge in [-0.15, -0.1) is 0 Å². The van der Waals surface area contributed by atoms with E-state index in [1.807, 2.05) is 30.3 Å². The van der Waals surface area contributed by atoms with Gasteiger partial charge in [-0.3, -0.25) is 9.59 Å². The number of primary amides is 1. The molecule has 1 aromatic carbocycles. The van der Waals surface area contributed by atoms with Crippen LogP contribution in [0.25, 0.3) is 0 Å². The molecule has 5 nitrogen and oxygen atoms in total. The summed E-state index contributed by atoms with van der Waals surface area (Å²) in [5.41, 5.74) is 6.31. The SMILES string of the molecule is NC(=O)c1cc[n+](CC(=O)Nc2ccccc2)cc1. The van der Waals surface area contributed by atoms with E-state index in [4.69, 9.17) is 5.73 Å². The van der Waals surface area contributed by atoms with Crippen LogP contribution in [0.5, 0.6) is 0 Å². The molecule has 2 aromatic rings. The molecule has 96 valence electrons. The minimum Gasteiger partial charge on any atom is -0.366 e. The number of benzene rings is 1. The van der Waals surface area contributed by atoms with Gasteiger partial charge in [-0.1, -0.05) is 18.2 Å². The van der Waals surface area contributed by atoms with Crippen LogP contribution >= 0.6 is 0 Å². The van der Waals surface area contributed by atoms with Crippen molar-refractivity contribution < 1.29 is 14.2 Å². The van der Waals surface area contributed by atoms with Gasteiger partial charge in [-0.05, 0) is 12.1 Å². The van der Waals surface area contributed by atoms with Crippen LogP contribution < -0.4 is 15.6 Å². The number of nitrogens with one attached hydrogen (secondary N) is 1. The van der Waals surface area contributed by atoms with Crippen molar-refractivity contribution in [3.8, 4) is 0 Å². The number of nitrogens with zero attached hydrogens (tertiary/aromatic N) is 1. The molecule has 0 atom stereocenters. The van der Waals surface area contributed by atoms with Gasteiger partial charge in [0, 0.05) is 17.8 Å². The smallest absolute Gasteiger partial charge is 0.290 e. The second kappa shape index (κ2) is 5.77. The standard InChI is InChI=1S/C14H13N3O2/c15-14(19)11-6-8-17(9-7-11)10-13(18)16-12-4-2-1-3-5-12/h1-9H,10H2,(H2-,15,16,18,19)/p+1. The lowest BCUT2D eigenvalue weighted by Gasteiger charge is -2.02. The molecule has 2 rings (SSSR count). The van der Waals surface area contributed by atoms with Gasteiger partial charge in [0.2, 0.25) is 12.5 Å². The van der Waals surface area contributed by atoms with E-state index in [9.17, 15) is 9.59 Å². The predicted octanol–water partition coefficient (Wildman–Crippen LogP) is 0.712. The molecule has 0 radical (unpaired) electrons. The summed E-state index contributed by atoms with van der Waals surface area (Å²) in [5.74, 6) is -0.621. The van der Waals surface area contributed by atoms with Gasteiger partial charge in [0.05, 0.1) is 5.56 Å². The molecule has 0 saturated heterocycles. The summed E-state index contributed by atoms with van der Waals surface area (Å²) in [5, 5.41) is 2.78. The number of para-hydroxylation sites is 1. The molecule has 3 N–H and O–H groups in total. The van der Waals surface area contributed by atoms with E-state index in [0.717, 1.165) is 5.69 Å². The van der Waals surface area contributed by atoms with E-state index in [1.165, 1.54) is 0 Å². The Labute approximate surface area is 110 Å². The molecule has 0 spiro atoms. The van der Waals surface area contributed by atoms with Crippen molar-refractivity contribution in [2.75, 3.05) is 5.32 Å². The maximum Gasteiger partial charge on any atom is 0.290 e. The summed E-state index contributed by atoms with van der Waals surface area (Å²) in [7, 11) is 0. The van der Waals surface area contributed by atoms with E-state index in [-0.39, 0.29) is 12.5 Å². The summed E-state index contributed by atoms with van der Waals surface area (Å²) >= 11 is 0. The molecule has 0 aliphatic carbocycles. The fraction of sp³-hybridized carbons (Fsp3) is 0.0714. The number of aromatic nitrogens is 1. The number of carbonyl (C=O) groups is 2. The minimum atomic E-state index is -0.485. The summed E-state index contributed by atoms with van der Waals surface area (Å²) in [6.45, 7) is 0.175. The van der Waals surface area contributed by atoms with E-state index >= 15 is 0 Å². The van der Waals surface area contributed by atoms with Crippen LogP contribution in [0, 0.1) is 0 Å². The fourth-order valence-electron chi connectivity index (χ4n) is 1.61. The number of nitrogens with two attached hydrogens (primary N) is 1. The Morgan fingerprint density at radius 1 is 1.05 bits per heavy atom. The molecule has 1 heterocycles. The first kappa shape index (κ1) is 12.8. The van der Waals surface area contributed by atoms with Crippen molar-refractivity contribution in [3.05, 3.63) is 60.4 Å². The molecular formula is C14H14N3O2+. The Bertz CT molecular complexity index is 579. The van der Waals surface area contributed by atoms with Crippen LogP contribution in [0.15, 0.2) is 54.9 Å². The van der Waals surface area contributed by atoms with Gasteiger partial charge in [0.25, 0.3) is 5.91 Å². The highest BCUT2D eigenvalue weighted by atomic mass is 16.2. The van der Waals surface area contributed by atoms with Gasteiger partial charge in [-0.25, -0.2) is 0 Å². The van der Waals surface area contributed by atoms with Crippen molar-refractivity contribution in [1.29, 1.82) is 0 Å². The quantitative estimate of drug-likeness (QED) is 0.790. The van der Waals surface area contributed by atoms with Gasteiger partial charge in [0.1, 0.15) is 0 Å². The highest BCUT2D eigenvalue weighted by molar-refractivity contribution is 5.92. The van der Waals surface area contributed by atoms with E-state index in [2.05, 4.69) is 5.32 Å². The lowest BCUT2D eigenvalue weighted by molar-refractivity contribution is -0.684. The summed E-state index contributed by atoms with van der Waals surface area (Å²) in [6.07, 6.45) is 3.29. The number of anilines is 1. The van der Waals surface area contributed by atoms with Crippen molar-refractivity contribution in [2.24, 2.45) is 5.73 Å². The van der Waals surface area contributed by atoms with Crippen LogP contribution in [-0.4, -0.2) is 11.8 Å². The number of hydrogen-bond acceptors (Lipinski definition) is 2. The minimum absolute atomic E-state index is 0.136. The third-order valence-electron chi connectivity index (χ3n) is 2.56. The van der Waals surface area contributed by atoms with Crippen molar-refractivity contribution in [1.82, 2.24) is 0 Å². The summed E-state index contributed by atoms with van der Waals surface area (Å²) < 4.78 is 1.67. The molecule has 0 fully saturated rings. The third-order valence-corrected chi connectivity index (χ3v) is 2.56. The molecule has 0 unspecified atom stereocenters. The Morgan fingerprint density at radius 2 is 1.68 bits per heavy atom. The van der Waals surface area contributed by atoms with Crippen LogP contribution in [0.4, 0.5) is 5.69 Å². The molecule has 2 amide bonds. The van der Waals surface area contributed by atoms with Gasteiger partial charge in [0.15, 0.2) is 12.4 Å². The first-order chi connectivity index (χ1) is 9.15. The molecule has 5 heteroatoms. The zero-order valence-corrected chi connectivity index (χ0v) is 10.2. The first-order valence-electron chi connectivity index (χ1n) is 5.79. The van der Waals surface area contributed by atoms with Crippen LogP contribution in [0.2, 0.25) is 0 Å². The number of pyridine rings is 1. The molecule has 1 aromatic heterocycles. The highest BCUT2D eigenvalue weighted by Gasteiger charge is 2.10. The van der Waals surface area contributed by atoms with Gasteiger partial charge < -0.3 is 11.1 Å². The molecule has 0 bridgehead atoms. The average Bonchev–Trinajstić information content (AvgIpc) is 2.40. The fourth-order valence-corrected chi connectivity index (χ4v) is 1.61. The van der Waals surface area contributed by atoms with E-state index in [0.29, 0.717) is 5.56 Å². The number of amides is 2. The normalized spacial score (nSPS) is 9.89. The van der Waals surface area contributed by atoms with E-state index in [1.54, 1.807) is 29.1 Å². The number of hydrogen-bond donors (Lipinski definition) is 2. The summed E-state index contributed by atoms with van der Waals surface area (Å²) in [6, 6.07) is 12.4. The average molecular weight is 256 g/mol. The second-order valence-electron chi connectivity index (χ2n) is 4.04. The van der Waals surface area contributed by atoms with Crippen molar-refractivity contribution in [3.63, 3.8) is 0 Å². The molecule has 0 aliphatic heterocycles. The Morgan fingerprint density at radius 3 is 2.26 bits per heavy atom. The lowest BCUT2D eigenvalue weighted by atomic mass is 10.2. The predicted molar refractivity (Wildman–Crippen MR) is 70.2 cm³/mol. The zero-order valence-electron chi connectivity index (χ0n) is 10.2. The van der Waals surface area contributed by atoms with Gasteiger partial charge >= 0.3 is 0 Å². The molecule has 0 saturated carbocycles. The Balaban J connectivity index is 1.97. The van der Waals surface area contributed by atoms with Gasteiger partial charge in [-0.2, -0.15) is 4.57 Å². The lowest BCUT2D eigenvalue weighted by Crippen LogP contribution is -2.39. The second-order valence-corrected chi connectivity index (χ2v) is 4.04. The molecule has 0 aliphatic rings. The number of rotatable bonds is 4. The Kier molecular flexibility index (Phi) is 3.87. The molecule has 19 heavy (non-hydrogen) atoms. The summed E-state index contributed by atoms with van der Waals surface area (Å²) in [4.78, 5) is 22.7. The maximum atomic E-state index is 11.8.